The first-order valence-corrected chi connectivity index (χ1v) is 17.5. The molecule has 3 heterocycles. The molecule has 2 nitrogen and oxygen atoms in total. The maximum absolute atomic E-state index is 4.04. The van der Waals surface area contributed by atoms with Crippen LogP contribution in [0.2, 0.25) is 0 Å². The highest BCUT2D eigenvalue weighted by molar-refractivity contribution is 5.36. The van der Waals surface area contributed by atoms with Gasteiger partial charge in [-0.05, 0) is 55.0 Å². The van der Waals surface area contributed by atoms with Gasteiger partial charge in [-0.15, -0.1) is 0 Å². The SMILES string of the molecule is CC.CC.CC.CC.CC.CC.c1ccc(CN[C@H]2C3CCCN(CC3)[C@H]2C(c2ccccc2)c2ccccc2)cc1. The van der Waals surface area contributed by atoms with Crippen molar-refractivity contribution in [3.05, 3.63) is 108 Å². The van der Waals surface area contributed by atoms with E-state index < -0.39 is 0 Å². The zero-order valence-electron chi connectivity index (χ0n) is 29.7. The molecule has 0 aliphatic carbocycles. The minimum atomic E-state index is 0.390. The Morgan fingerprint density at radius 2 is 1.00 bits per heavy atom. The first kappa shape index (κ1) is 41.7. The maximum atomic E-state index is 4.04. The van der Waals surface area contributed by atoms with Crippen LogP contribution in [0.4, 0.5) is 0 Å². The smallest absolute Gasteiger partial charge is 0.0361 e. The summed E-state index contributed by atoms with van der Waals surface area (Å²) < 4.78 is 0. The van der Waals surface area contributed by atoms with Gasteiger partial charge in [0.25, 0.3) is 0 Å². The van der Waals surface area contributed by atoms with E-state index in [9.17, 15) is 0 Å². The number of rotatable bonds is 6. The normalized spacial score (nSPS) is 19.4. The summed E-state index contributed by atoms with van der Waals surface area (Å²) in [5.41, 5.74) is 4.25. The van der Waals surface area contributed by atoms with Gasteiger partial charge in [0.2, 0.25) is 0 Å². The maximum Gasteiger partial charge on any atom is 0.0361 e. The van der Waals surface area contributed by atoms with Gasteiger partial charge in [0.1, 0.15) is 0 Å². The summed E-state index contributed by atoms with van der Waals surface area (Å²) in [6.45, 7) is 27.4. The third kappa shape index (κ3) is 13.3. The molecule has 2 bridgehead atoms. The number of fused-ring (bicyclic) bond motifs is 4. The number of nitrogens with zero attached hydrogens (tertiary/aromatic N) is 1. The minimum Gasteiger partial charge on any atom is -0.308 e. The lowest BCUT2D eigenvalue weighted by atomic mass is 9.74. The Balaban J connectivity index is 0. The van der Waals surface area contributed by atoms with Crippen LogP contribution >= 0.6 is 0 Å². The van der Waals surface area contributed by atoms with E-state index in [0.717, 1.165) is 12.5 Å². The predicted molar refractivity (Wildman–Crippen MR) is 193 cm³/mol. The van der Waals surface area contributed by atoms with Gasteiger partial charge in [-0.25, -0.2) is 0 Å². The van der Waals surface area contributed by atoms with Crippen LogP contribution in [0.15, 0.2) is 91.0 Å². The molecule has 0 aromatic heterocycles. The van der Waals surface area contributed by atoms with E-state index in [1.165, 1.54) is 49.0 Å². The van der Waals surface area contributed by atoms with Crippen LogP contribution in [0, 0.1) is 5.92 Å². The fourth-order valence-corrected chi connectivity index (χ4v) is 5.75. The van der Waals surface area contributed by atoms with Gasteiger partial charge in [-0.1, -0.05) is 174 Å². The van der Waals surface area contributed by atoms with Crippen molar-refractivity contribution >= 4 is 0 Å². The highest BCUT2D eigenvalue weighted by atomic mass is 15.2. The molecule has 3 aromatic carbocycles. The Morgan fingerprint density at radius 1 is 0.571 bits per heavy atom. The van der Waals surface area contributed by atoms with Crippen molar-refractivity contribution in [2.24, 2.45) is 5.92 Å². The monoisotopic (exact) mass is 577 g/mol. The molecule has 3 aliphatic rings. The summed E-state index contributed by atoms with van der Waals surface area (Å²) in [7, 11) is 0. The Morgan fingerprint density at radius 3 is 1.45 bits per heavy atom. The first-order chi connectivity index (χ1) is 20.9. The number of nitrogens with one attached hydrogen (secondary N) is 1. The van der Waals surface area contributed by atoms with Crippen LogP contribution in [-0.2, 0) is 6.54 Å². The van der Waals surface area contributed by atoms with Crippen LogP contribution in [0.1, 0.15) is 125 Å². The Labute approximate surface area is 263 Å². The average Bonchev–Trinajstić information content (AvgIpc) is 3.46. The third-order valence-corrected chi connectivity index (χ3v) is 7.15. The summed E-state index contributed by atoms with van der Waals surface area (Å²) >= 11 is 0. The molecule has 2 heteroatoms. The van der Waals surface area contributed by atoms with E-state index in [0.29, 0.717) is 18.0 Å². The van der Waals surface area contributed by atoms with Crippen molar-refractivity contribution < 1.29 is 0 Å². The van der Waals surface area contributed by atoms with Crippen LogP contribution in [0.5, 0.6) is 0 Å². The van der Waals surface area contributed by atoms with Gasteiger partial charge in [0.15, 0.2) is 0 Å². The number of piperidine rings is 1. The van der Waals surface area contributed by atoms with Crippen LogP contribution < -0.4 is 5.32 Å². The zero-order valence-corrected chi connectivity index (χ0v) is 29.7. The van der Waals surface area contributed by atoms with E-state index in [1.54, 1.807) is 0 Å². The van der Waals surface area contributed by atoms with Crippen LogP contribution in [0.25, 0.3) is 0 Å². The Bertz CT molecular complexity index is 867. The summed E-state index contributed by atoms with van der Waals surface area (Å²) in [5.74, 6) is 1.15. The largest absolute Gasteiger partial charge is 0.308 e. The van der Waals surface area contributed by atoms with E-state index in [4.69, 9.17) is 0 Å². The molecule has 42 heavy (non-hydrogen) atoms. The number of hydrogen-bond donors (Lipinski definition) is 1. The lowest BCUT2D eigenvalue weighted by Gasteiger charge is -2.47. The van der Waals surface area contributed by atoms with Gasteiger partial charge < -0.3 is 5.32 Å². The number of hydrogen-bond acceptors (Lipinski definition) is 2. The van der Waals surface area contributed by atoms with E-state index in [-0.39, 0.29) is 0 Å². The van der Waals surface area contributed by atoms with E-state index in [1.807, 2.05) is 83.1 Å². The molecular weight excluding hydrogens is 508 g/mol. The highest BCUT2D eigenvalue weighted by Gasteiger charge is 2.44. The van der Waals surface area contributed by atoms with Crippen molar-refractivity contribution in [2.45, 2.75) is 127 Å². The summed E-state index contributed by atoms with van der Waals surface area (Å²) in [5, 5.41) is 4.04. The number of benzene rings is 3. The first-order valence-electron chi connectivity index (χ1n) is 17.5. The van der Waals surface area contributed by atoms with Crippen molar-refractivity contribution in [2.75, 3.05) is 13.1 Å². The molecule has 238 valence electrons. The van der Waals surface area contributed by atoms with Gasteiger partial charge in [0, 0.05) is 24.5 Å². The molecule has 1 N–H and O–H groups in total. The Kier molecular flexibility index (Phi) is 28.5. The third-order valence-electron chi connectivity index (χ3n) is 7.15. The van der Waals surface area contributed by atoms with Crippen molar-refractivity contribution in [3.8, 4) is 0 Å². The fourth-order valence-electron chi connectivity index (χ4n) is 5.75. The molecule has 3 aromatic rings. The second-order valence-corrected chi connectivity index (χ2v) is 8.91. The molecular formula is C40H68N2. The predicted octanol–water partition coefficient (Wildman–Crippen LogP) is 11.6. The average molecular weight is 577 g/mol. The molecule has 0 saturated carbocycles. The lowest BCUT2D eigenvalue weighted by Crippen LogP contribution is -2.58. The summed E-state index contributed by atoms with van der Waals surface area (Å²) in [4.78, 5) is 2.79. The molecule has 0 radical (unpaired) electrons. The second-order valence-electron chi connectivity index (χ2n) is 8.91. The summed E-state index contributed by atoms with van der Waals surface area (Å²) in [6.07, 6.45) is 3.98. The summed E-state index contributed by atoms with van der Waals surface area (Å²) in [6, 6.07) is 34.2. The van der Waals surface area contributed by atoms with Crippen LogP contribution in [-0.4, -0.2) is 30.1 Å². The topological polar surface area (TPSA) is 15.3 Å². The fraction of sp³-hybridized carbons (Fsp3) is 0.550. The molecule has 6 rings (SSSR count). The molecule has 4 atom stereocenters. The molecule has 3 fully saturated rings. The molecule has 3 saturated heterocycles. The van der Waals surface area contributed by atoms with Gasteiger partial charge >= 0.3 is 0 Å². The molecule has 0 amide bonds. The molecule has 0 spiro atoms. The Hall–Kier alpha value is -2.42. The molecule has 2 unspecified atom stereocenters. The zero-order chi connectivity index (χ0) is 32.2. The van der Waals surface area contributed by atoms with Crippen LogP contribution in [0.3, 0.4) is 0 Å². The second kappa shape index (κ2) is 28.7. The van der Waals surface area contributed by atoms with Gasteiger partial charge in [0.05, 0.1) is 0 Å². The van der Waals surface area contributed by atoms with Gasteiger partial charge in [-0.3, -0.25) is 4.90 Å². The standard InChI is InChI=1S/C28H32N2.6C2H6/c1-4-11-22(12-5-1)21-29-27-25-17-10-19-30(20-18-25)28(27)26(23-13-6-2-7-14-23)24-15-8-3-9-16-24;6*1-2/h1-9,11-16,25-29H,10,17-21H2;6*1-2H3/t25?,27-,28-;;;;;;/m0....../s1. The molecule has 3 aliphatic heterocycles. The van der Waals surface area contributed by atoms with Gasteiger partial charge in [-0.2, -0.15) is 0 Å². The highest BCUT2D eigenvalue weighted by Crippen LogP contribution is 2.41. The van der Waals surface area contributed by atoms with Crippen molar-refractivity contribution in [3.63, 3.8) is 0 Å². The lowest BCUT2D eigenvalue weighted by molar-refractivity contribution is 0.0861. The van der Waals surface area contributed by atoms with E-state index in [2.05, 4.69) is 101 Å². The minimum absolute atomic E-state index is 0.390. The van der Waals surface area contributed by atoms with Crippen molar-refractivity contribution in [1.82, 2.24) is 10.2 Å². The quantitative estimate of drug-likeness (QED) is 0.314. The van der Waals surface area contributed by atoms with E-state index >= 15 is 0 Å². The van der Waals surface area contributed by atoms with Crippen molar-refractivity contribution in [1.29, 1.82) is 0 Å².